The minimum Gasteiger partial charge on any atom is -0.488 e. The van der Waals surface area contributed by atoms with Crippen molar-refractivity contribution in [2.24, 2.45) is 5.73 Å². The van der Waals surface area contributed by atoms with Gasteiger partial charge < -0.3 is 10.5 Å². The normalized spacial score (nSPS) is 29.3. The number of nitrogens with two attached hydrogens (primary N) is 1. The Labute approximate surface area is 129 Å². The fourth-order valence-corrected chi connectivity index (χ4v) is 3.81. The molecular formula is C16H23BrN2O. The van der Waals surface area contributed by atoms with Crippen molar-refractivity contribution in [3.8, 4) is 5.75 Å². The molecule has 0 radical (unpaired) electrons. The molecule has 1 aromatic carbocycles. The van der Waals surface area contributed by atoms with Gasteiger partial charge in [0.2, 0.25) is 0 Å². The van der Waals surface area contributed by atoms with Crippen LogP contribution in [0.1, 0.15) is 31.2 Å². The zero-order valence-corrected chi connectivity index (χ0v) is 13.6. The number of likely N-dealkylation sites (N-methyl/N-ethyl adjacent to an activating group) is 1. The number of ether oxygens (including phenoxy) is 1. The number of benzene rings is 1. The van der Waals surface area contributed by atoms with Crippen LogP contribution in [0.15, 0.2) is 22.7 Å². The van der Waals surface area contributed by atoms with Gasteiger partial charge in [-0.25, -0.2) is 0 Å². The Morgan fingerprint density at radius 2 is 2.05 bits per heavy atom. The molecule has 1 atom stereocenters. The molecule has 0 saturated heterocycles. The molecule has 4 heteroatoms. The molecule has 2 aliphatic rings. The molecular weight excluding hydrogens is 316 g/mol. The van der Waals surface area contributed by atoms with Gasteiger partial charge in [0.05, 0.1) is 0 Å². The Kier molecular flexibility index (Phi) is 4.34. The second-order valence-electron chi connectivity index (χ2n) is 6.20. The molecule has 1 aromatic rings. The van der Waals surface area contributed by atoms with Crippen LogP contribution in [0.25, 0.3) is 0 Å². The van der Waals surface area contributed by atoms with Crippen LogP contribution in [-0.2, 0) is 6.42 Å². The Hall–Kier alpha value is -0.580. The van der Waals surface area contributed by atoms with Crippen molar-refractivity contribution in [2.45, 2.75) is 50.3 Å². The van der Waals surface area contributed by atoms with Crippen LogP contribution in [0.2, 0.25) is 0 Å². The van der Waals surface area contributed by atoms with Gasteiger partial charge in [-0.2, -0.15) is 0 Å². The molecule has 1 unspecified atom stereocenters. The molecule has 1 fully saturated rings. The van der Waals surface area contributed by atoms with Crippen LogP contribution >= 0.6 is 15.9 Å². The molecule has 1 heterocycles. The average Bonchev–Trinajstić information content (AvgIpc) is 2.80. The number of hydrogen-bond acceptors (Lipinski definition) is 3. The summed E-state index contributed by atoms with van der Waals surface area (Å²) in [6, 6.07) is 7.39. The van der Waals surface area contributed by atoms with Crippen LogP contribution in [-0.4, -0.2) is 36.7 Å². The van der Waals surface area contributed by atoms with Gasteiger partial charge in [-0.05, 0) is 56.5 Å². The summed E-state index contributed by atoms with van der Waals surface area (Å²) in [5.74, 6) is 1.05. The SMILES string of the molecule is CN(CC1Cc2cc(Br)ccc2O1)C1CCC(N)CC1. The first-order chi connectivity index (χ1) is 9.61. The summed E-state index contributed by atoms with van der Waals surface area (Å²) >= 11 is 3.53. The first-order valence-electron chi connectivity index (χ1n) is 7.52. The number of fused-ring (bicyclic) bond motifs is 1. The fraction of sp³-hybridized carbons (Fsp3) is 0.625. The topological polar surface area (TPSA) is 38.5 Å². The van der Waals surface area contributed by atoms with Gasteiger partial charge in [0.1, 0.15) is 11.9 Å². The first-order valence-corrected chi connectivity index (χ1v) is 8.32. The third kappa shape index (κ3) is 3.18. The standard InChI is InChI=1S/C16H23BrN2O/c1-19(14-5-3-13(18)4-6-14)10-15-9-11-8-12(17)2-7-16(11)20-15/h2,7-8,13-15H,3-6,9-10,18H2,1H3. The van der Waals surface area contributed by atoms with E-state index in [0.717, 1.165) is 36.0 Å². The molecule has 0 spiro atoms. The number of halogens is 1. The maximum atomic E-state index is 6.06. The van der Waals surface area contributed by atoms with Crippen LogP contribution in [0.5, 0.6) is 5.75 Å². The molecule has 1 aliphatic carbocycles. The summed E-state index contributed by atoms with van der Waals surface area (Å²) < 4.78 is 7.19. The monoisotopic (exact) mass is 338 g/mol. The summed E-state index contributed by atoms with van der Waals surface area (Å²) in [7, 11) is 2.23. The lowest BCUT2D eigenvalue weighted by Gasteiger charge is -2.34. The highest BCUT2D eigenvalue weighted by Gasteiger charge is 2.28. The Balaban J connectivity index is 1.55. The van der Waals surface area contributed by atoms with E-state index in [2.05, 4.69) is 40.0 Å². The van der Waals surface area contributed by atoms with Gasteiger partial charge in [0, 0.05) is 29.5 Å². The van der Waals surface area contributed by atoms with E-state index >= 15 is 0 Å². The van der Waals surface area contributed by atoms with Gasteiger partial charge in [-0.1, -0.05) is 15.9 Å². The Morgan fingerprint density at radius 3 is 2.80 bits per heavy atom. The second kappa shape index (κ2) is 6.04. The van der Waals surface area contributed by atoms with Crippen LogP contribution in [0.4, 0.5) is 0 Å². The zero-order valence-electron chi connectivity index (χ0n) is 12.0. The summed E-state index contributed by atoms with van der Waals surface area (Å²) in [6.07, 6.45) is 6.08. The van der Waals surface area contributed by atoms with Crippen molar-refractivity contribution in [3.63, 3.8) is 0 Å². The molecule has 2 N–H and O–H groups in total. The molecule has 1 saturated carbocycles. The highest BCUT2D eigenvalue weighted by atomic mass is 79.9. The van der Waals surface area contributed by atoms with Gasteiger partial charge in [-0.15, -0.1) is 0 Å². The maximum absolute atomic E-state index is 6.06. The largest absolute Gasteiger partial charge is 0.488 e. The molecule has 20 heavy (non-hydrogen) atoms. The van der Waals surface area contributed by atoms with E-state index in [4.69, 9.17) is 10.5 Å². The molecule has 0 aromatic heterocycles. The first kappa shape index (κ1) is 14.4. The van der Waals surface area contributed by atoms with E-state index in [1.165, 1.54) is 18.4 Å². The lowest BCUT2D eigenvalue weighted by Crippen LogP contribution is -2.42. The minimum atomic E-state index is 0.292. The third-order valence-electron chi connectivity index (χ3n) is 4.62. The van der Waals surface area contributed by atoms with Crippen molar-refractivity contribution in [1.29, 1.82) is 0 Å². The average molecular weight is 339 g/mol. The van der Waals surface area contributed by atoms with E-state index in [-0.39, 0.29) is 0 Å². The summed E-state index contributed by atoms with van der Waals surface area (Å²) in [5.41, 5.74) is 7.31. The van der Waals surface area contributed by atoms with E-state index in [9.17, 15) is 0 Å². The third-order valence-corrected chi connectivity index (χ3v) is 5.11. The van der Waals surface area contributed by atoms with Gasteiger partial charge >= 0.3 is 0 Å². The summed E-state index contributed by atoms with van der Waals surface area (Å²) in [5, 5.41) is 0. The highest BCUT2D eigenvalue weighted by Crippen LogP contribution is 2.32. The van der Waals surface area contributed by atoms with Crippen molar-refractivity contribution in [2.75, 3.05) is 13.6 Å². The number of hydrogen-bond donors (Lipinski definition) is 1. The summed E-state index contributed by atoms with van der Waals surface area (Å²) in [6.45, 7) is 1.01. The smallest absolute Gasteiger partial charge is 0.123 e. The van der Waals surface area contributed by atoms with Gasteiger partial charge in [0.25, 0.3) is 0 Å². The predicted molar refractivity (Wildman–Crippen MR) is 85.1 cm³/mol. The molecule has 0 amide bonds. The van der Waals surface area contributed by atoms with Crippen molar-refractivity contribution < 1.29 is 4.74 Å². The van der Waals surface area contributed by atoms with Crippen LogP contribution in [0.3, 0.4) is 0 Å². The highest BCUT2D eigenvalue weighted by molar-refractivity contribution is 9.10. The van der Waals surface area contributed by atoms with Crippen LogP contribution in [0, 0.1) is 0 Å². The minimum absolute atomic E-state index is 0.292. The second-order valence-corrected chi connectivity index (χ2v) is 7.12. The van der Waals surface area contributed by atoms with Gasteiger partial charge in [-0.3, -0.25) is 4.90 Å². The van der Waals surface area contributed by atoms with E-state index in [1.807, 2.05) is 6.07 Å². The lowest BCUT2D eigenvalue weighted by atomic mass is 9.91. The van der Waals surface area contributed by atoms with E-state index < -0.39 is 0 Å². The van der Waals surface area contributed by atoms with Crippen LogP contribution < -0.4 is 10.5 Å². The Morgan fingerprint density at radius 1 is 1.30 bits per heavy atom. The molecule has 1 aliphatic heterocycles. The maximum Gasteiger partial charge on any atom is 0.123 e. The molecule has 0 bridgehead atoms. The predicted octanol–water partition coefficient (Wildman–Crippen LogP) is 2.95. The van der Waals surface area contributed by atoms with Crippen molar-refractivity contribution in [3.05, 3.63) is 28.2 Å². The fourth-order valence-electron chi connectivity index (χ4n) is 3.40. The number of nitrogens with zero attached hydrogens (tertiary/aromatic N) is 1. The molecule has 110 valence electrons. The van der Waals surface area contributed by atoms with E-state index in [1.54, 1.807) is 0 Å². The Bertz CT molecular complexity index is 472. The molecule has 3 nitrogen and oxygen atoms in total. The lowest BCUT2D eigenvalue weighted by molar-refractivity contribution is 0.117. The summed E-state index contributed by atoms with van der Waals surface area (Å²) in [4.78, 5) is 2.47. The van der Waals surface area contributed by atoms with Crippen molar-refractivity contribution in [1.82, 2.24) is 4.90 Å². The zero-order chi connectivity index (χ0) is 14.1. The number of rotatable bonds is 3. The van der Waals surface area contributed by atoms with E-state index in [0.29, 0.717) is 18.2 Å². The molecule has 3 rings (SSSR count). The quantitative estimate of drug-likeness (QED) is 0.920. The van der Waals surface area contributed by atoms with Gasteiger partial charge in [0.15, 0.2) is 0 Å². The van der Waals surface area contributed by atoms with Crippen molar-refractivity contribution >= 4 is 15.9 Å².